The van der Waals surface area contributed by atoms with E-state index in [9.17, 15) is 4.79 Å². The molecule has 1 aliphatic rings. The van der Waals surface area contributed by atoms with Gasteiger partial charge in [-0.2, -0.15) is 0 Å². The van der Waals surface area contributed by atoms with Gasteiger partial charge in [-0.15, -0.1) is 0 Å². The Labute approximate surface area is 77.3 Å². The molecule has 0 aliphatic heterocycles. The van der Waals surface area contributed by atoms with Crippen molar-refractivity contribution >= 4 is 5.97 Å². The second kappa shape index (κ2) is 3.24. The van der Waals surface area contributed by atoms with Gasteiger partial charge in [-0.05, 0) is 25.8 Å². The van der Waals surface area contributed by atoms with Gasteiger partial charge in [0.05, 0.1) is 12.2 Å². The number of carbonyl (C=O) groups excluding carboxylic acids is 1. The number of hydrogen-bond acceptors (Lipinski definition) is 2. The van der Waals surface area contributed by atoms with Gasteiger partial charge >= 0.3 is 5.97 Å². The van der Waals surface area contributed by atoms with Gasteiger partial charge in [-0.3, -0.25) is 0 Å². The van der Waals surface area contributed by atoms with Gasteiger partial charge in [0.25, 0.3) is 0 Å². The number of ether oxygens (including phenoxy) is 1. The molecule has 1 heterocycles. The SMILES string of the molecule is CCOC(=O)c1ccn(C2CC2)c1. The Bertz CT molecular complexity index is 312. The molecule has 0 bridgehead atoms. The first kappa shape index (κ1) is 8.35. The summed E-state index contributed by atoms with van der Waals surface area (Å²) in [5.41, 5.74) is 0.661. The molecule has 0 radical (unpaired) electrons. The minimum atomic E-state index is -0.220. The second-order valence-corrected chi connectivity index (χ2v) is 3.30. The first-order valence-electron chi connectivity index (χ1n) is 4.66. The zero-order valence-corrected chi connectivity index (χ0v) is 7.69. The number of esters is 1. The molecular weight excluding hydrogens is 166 g/mol. The van der Waals surface area contributed by atoms with E-state index in [0.29, 0.717) is 18.2 Å². The van der Waals surface area contributed by atoms with Crippen molar-refractivity contribution in [3.8, 4) is 0 Å². The lowest BCUT2D eigenvalue weighted by Crippen LogP contribution is -2.03. The molecule has 0 spiro atoms. The molecule has 1 aromatic rings. The third-order valence-electron chi connectivity index (χ3n) is 2.19. The molecular formula is C10H13NO2. The van der Waals surface area contributed by atoms with Crippen LogP contribution in [0, 0.1) is 0 Å². The largest absolute Gasteiger partial charge is 0.462 e. The number of hydrogen-bond donors (Lipinski definition) is 0. The molecule has 0 aromatic carbocycles. The maximum Gasteiger partial charge on any atom is 0.339 e. The second-order valence-electron chi connectivity index (χ2n) is 3.30. The summed E-state index contributed by atoms with van der Waals surface area (Å²) in [6.45, 7) is 2.25. The van der Waals surface area contributed by atoms with E-state index in [0.717, 1.165) is 0 Å². The summed E-state index contributed by atoms with van der Waals surface area (Å²) in [6.07, 6.45) is 6.29. The normalized spacial score (nSPS) is 15.8. The first-order chi connectivity index (χ1) is 6.31. The Hall–Kier alpha value is -1.25. The number of aromatic nitrogens is 1. The highest BCUT2D eigenvalue weighted by molar-refractivity contribution is 5.89. The van der Waals surface area contributed by atoms with Crippen LogP contribution in [0.4, 0.5) is 0 Å². The molecule has 2 rings (SSSR count). The van der Waals surface area contributed by atoms with E-state index >= 15 is 0 Å². The lowest BCUT2D eigenvalue weighted by atomic mass is 10.3. The molecule has 0 saturated heterocycles. The van der Waals surface area contributed by atoms with Crippen molar-refractivity contribution < 1.29 is 9.53 Å². The Morgan fingerprint density at radius 1 is 1.69 bits per heavy atom. The molecule has 1 fully saturated rings. The van der Waals surface area contributed by atoms with Gasteiger partial charge in [-0.25, -0.2) is 4.79 Å². The molecule has 13 heavy (non-hydrogen) atoms. The molecule has 1 aliphatic carbocycles. The van der Waals surface area contributed by atoms with Crippen molar-refractivity contribution in [1.82, 2.24) is 4.57 Å². The summed E-state index contributed by atoms with van der Waals surface area (Å²) >= 11 is 0. The zero-order chi connectivity index (χ0) is 9.26. The van der Waals surface area contributed by atoms with E-state index in [1.165, 1.54) is 12.8 Å². The van der Waals surface area contributed by atoms with Crippen LogP contribution in [0.1, 0.15) is 36.2 Å². The van der Waals surface area contributed by atoms with Gasteiger partial charge in [0.1, 0.15) is 0 Å². The van der Waals surface area contributed by atoms with E-state index < -0.39 is 0 Å². The van der Waals surface area contributed by atoms with Crippen molar-refractivity contribution in [1.29, 1.82) is 0 Å². The Morgan fingerprint density at radius 2 is 2.46 bits per heavy atom. The van der Waals surface area contributed by atoms with Crippen LogP contribution in [-0.4, -0.2) is 17.1 Å². The fourth-order valence-corrected chi connectivity index (χ4v) is 1.35. The van der Waals surface area contributed by atoms with E-state index in [2.05, 4.69) is 4.57 Å². The predicted octanol–water partition coefficient (Wildman–Crippen LogP) is 2.00. The van der Waals surface area contributed by atoms with Gasteiger partial charge in [0.15, 0.2) is 0 Å². The average molecular weight is 179 g/mol. The van der Waals surface area contributed by atoms with Crippen LogP contribution in [0.3, 0.4) is 0 Å². The number of nitrogens with zero attached hydrogens (tertiary/aromatic N) is 1. The van der Waals surface area contributed by atoms with Crippen molar-refractivity contribution in [3.63, 3.8) is 0 Å². The third-order valence-corrected chi connectivity index (χ3v) is 2.19. The lowest BCUT2D eigenvalue weighted by Gasteiger charge is -1.98. The first-order valence-corrected chi connectivity index (χ1v) is 4.66. The molecule has 1 aromatic heterocycles. The fourth-order valence-electron chi connectivity index (χ4n) is 1.35. The molecule has 1 saturated carbocycles. The van der Waals surface area contributed by atoms with Gasteiger partial charge in [0.2, 0.25) is 0 Å². The molecule has 0 amide bonds. The Balaban J connectivity index is 2.07. The van der Waals surface area contributed by atoms with Crippen molar-refractivity contribution in [2.24, 2.45) is 0 Å². The average Bonchev–Trinajstić information content (AvgIpc) is 2.84. The van der Waals surface area contributed by atoms with Crippen LogP contribution in [0.25, 0.3) is 0 Å². The van der Waals surface area contributed by atoms with Crippen LogP contribution in [0.5, 0.6) is 0 Å². The lowest BCUT2D eigenvalue weighted by molar-refractivity contribution is 0.0526. The van der Waals surface area contributed by atoms with Crippen molar-refractivity contribution in [2.75, 3.05) is 6.61 Å². The maximum absolute atomic E-state index is 11.3. The summed E-state index contributed by atoms with van der Waals surface area (Å²) in [4.78, 5) is 11.3. The molecule has 0 N–H and O–H groups in total. The van der Waals surface area contributed by atoms with E-state index in [4.69, 9.17) is 4.74 Å². The quantitative estimate of drug-likeness (QED) is 0.664. The van der Waals surface area contributed by atoms with Crippen LogP contribution in [0.2, 0.25) is 0 Å². The van der Waals surface area contributed by atoms with Crippen molar-refractivity contribution in [2.45, 2.75) is 25.8 Å². The minimum absolute atomic E-state index is 0.220. The standard InChI is InChI=1S/C10H13NO2/c1-2-13-10(12)8-5-6-11(7-8)9-3-4-9/h5-7,9H,2-4H2,1H3. The monoisotopic (exact) mass is 179 g/mol. The molecule has 3 heteroatoms. The smallest absolute Gasteiger partial charge is 0.339 e. The van der Waals surface area contributed by atoms with Crippen LogP contribution in [-0.2, 0) is 4.74 Å². The molecule has 0 unspecified atom stereocenters. The number of rotatable bonds is 3. The predicted molar refractivity (Wildman–Crippen MR) is 48.7 cm³/mol. The summed E-state index contributed by atoms with van der Waals surface area (Å²) in [7, 11) is 0. The van der Waals surface area contributed by atoms with Crippen LogP contribution in [0.15, 0.2) is 18.5 Å². The molecule has 70 valence electrons. The summed E-state index contributed by atoms with van der Waals surface area (Å²) in [5, 5.41) is 0. The highest BCUT2D eigenvalue weighted by Crippen LogP contribution is 2.34. The zero-order valence-electron chi connectivity index (χ0n) is 7.69. The topological polar surface area (TPSA) is 31.2 Å². The Kier molecular flexibility index (Phi) is 2.08. The minimum Gasteiger partial charge on any atom is -0.462 e. The van der Waals surface area contributed by atoms with Crippen LogP contribution < -0.4 is 0 Å². The summed E-state index contributed by atoms with van der Waals surface area (Å²) in [6, 6.07) is 2.44. The third kappa shape index (κ3) is 1.74. The summed E-state index contributed by atoms with van der Waals surface area (Å²) in [5.74, 6) is -0.220. The van der Waals surface area contributed by atoms with E-state index in [1.807, 2.05) is 25.4 Å². The van der Waals surface area contributed by atoms with E-state index in [1.54, 1.807) is 0 Å². The maximum atomic E-state index is 11.3. The van der Waals surface area contributed by atoms with Gasteiger partial charge in [-0.1, -0.05) is 0 Å². The number of carbonyl (C=O) groups is 1. The molecule has 0 atom stereocenters. The summed E-state index contributed by atoms with van der Waals surface area (Å²) < 4.78 is 6.98. The van der Waals surface area contributed by atoms with Crippen LogP contribution >= 0.6 is 0 Å². The van der Waals surface area contributed by atoms with Gasteiger partial charge < -0.3 is 9.30 Å². The molecule has 3 nitrogen and oxygen atoms in total. The Morgan fingerprint density at radius 3 is 3.08 bits per heavy atom. The van der Waals surface area contributed by atoms with E-state index in [-0.39, 0.29) is 5.97 Å². The van der Waals surface area contributed by atoms with Crippen molar-refractivity contribution in [3.05, 3.63) is 24.0 Å². The highest BCUT2D eigenvalue weighted by atomic mass is 16.5. The fraction of sp³-hybridized carbons (Fsp3) is 0.500. The highest BCUT2D eigenvalue weighted by Gasteiger charge is 2.23. The van der Waals surface area contributed by atoms with Gasteiger partial charge in [0, 0.05) is 18.4 Å².